The maximum absolute atomic E-state index is 12.6. The van der Waals surface area contributed by atoms with Crippen LogP contribution in [-0.2, 0) is 10.0 Å². The van der Waals surface area contributed by atoms with Crippen LogP contribution in [0.25, 0.3) is 0 Å². The Labute approximate surface area is 124 Å². The second kappa shape index (κ2) is 5.58. The number of nitrogens with zero attached hydrogens (tertiary/aromatic N) is 2. The molecule has 0 atom stereocenters. The fraction of sp³-hybridized carbons (Fsp3) is 1.00. The SMILES string of the molecule is CC(C)N1CC(S(=O)(=O)N2CCC(C(C)(C)C)CC2)C1. The topological polar surface area (TPSA) is 40.6 Å². The molecular formula is C15H30N2O2S. The van der Waals surface area contributed by atoms with Crippen molar-refractivity contribution in [1.29, 1.82) is 0 Å². The van der Waals surface area contributed by atoms with E-state index in [9.17, 15) is 8.42 Å². The number of hydrogen-bond donors (Lipinski definition) is 0. The Morgan fingerprint density at radius 1 is 1.05 bits per heavy atom. The lowest BCUT2D eigenvalue weighted by molar-refractivity contribution is 0.129. The first-order valence-electron chi connectivity index (χ1n) is 7.85. The van der Waals surface area contributed by atoms with Crippen LogP contribution in [0, 0.1) is 11.3 Å². The van der Waals surface area contributed by atoms with E-state index in [1.165, 1.54) is 0 Å². The van der Waals surface area contributed by atoms with E-state index in [1.54, 1.807) is 4.31 Å². The second-order valence-electron chi connectivity index (χ2n) is 7.75. The van der Waals surface area contributed by atoms with Gasteiger partial charge in [-0.15, -0.1) is 0 Å². The minimum absolute atomic E-state index is 0.170. The van der Waals surface area contributed by atoms with Crippen LogP contribution < -0.4 is 0 Å². The number of piperidine rings is 1. The van der Waals surface area contributed by atoms with E-state index in [0.29, 0.717) is 43.6 Å². The van der Waals surface area contributed by atoms with Crippen molar-refractivity contribution in [3.05, 3.63) is 0 Å². The highest BCUT2D eigenvalue weighted by atomic mass is 32.2. The van der Waals surface area contributed by atoms with Crippen molar-refractivity contribution in [3.8, 4) is 0 Å². The van der Waals surface area contributed by atoms with Crippen LogP contribution in [0.1, 0.15) is 47.5 Å². The van der Waals surface area contributed by atoms with Gasteiger partial charge in [0, 0.05) is 32.2 Å². The normalized spacial score (nSPS) is 25.1. The number of likely N-dealkylation sites (tertiary alicyclic amines) is 1. The molecule has 2 heterocycles. The molecule has 0 radical (unpaired) electrons. The first kappa shape index (κ1) is 16.2. The lowest BCUT2D eigenvalue weighted by Gasteiger charge is -2.45. The van der Waals surface area contributed by atoms with E-state index in [1.807, 2.05) is 0 Å². The number of sulfonamides is 1. The smallest absolute Gasteiger partial charge is 0.219 e. The third-order valence-corrected chi connectivity index (χ3v) is 7.29. The molecule has 0 aromatic rings. The zero-order valence-corrected chi connectivity index (χ0v) is 14.4. The summed E-state index contributed by atoms with van der Waals surface area (Å²) in [4.78, 5) is 2.23. The first-order chi connectivity index (χ1) is 9.12. The molecule has 2 aliphatic heterocycles. The van der Waals surface area contributed by atoms with Gasteiger partial charge in [-0.1, -0.05) is 20.8 Å². The minimum atomic E-state index is -3.07. The van der Waals surface area contributed by atoms with Crippen molar-refractivity contribution in [3.63, 3.8) is 0 Å². The minimum Gasteiger partial charge on any atom is -0.298 e. The maximum Gasteiger partial charge on any atom is 0.219 e. The monoisotopic (exact) mass is 302 g/mol. The van der Waals surface area contributed by atoms with Gasteiger partial charge in [0.15, 0.2) is 0 Å². The van der Waals surface area contributed by atoms with Gasteiger partial charge in [-0.05, 0) is 38.0 Å². The number of hydrogen-bond acceptors (Lipinski definition) is 3. The van der Waals surface area contributed by atoms with Crippen molar-refractivity contribution in [2.75, 3.05) is 26.2 Å². The van der Waals surface area contributed by atoms with Crippen molar-refractivity contribution in [1.82, 2.24) is 9.21 Å². The van der Waals surface area contributed by atoms with Crippen molar-refractivity contribution >= 4 is 10.0 Å². The summed E-state index contributed by atoms with van der Waals surface area (Å²) in [6, 6.07) is 0.452. The lowest BCUT2D eigenvalue weighted by atomic mass is 9.76. The average molecular weight is 302 g/mol. The lowest BCUT2D eigenvalue weighted by Crippen LogP contribution is -2.60. The molecule has 0 spiro atoms. The molecule has 118 valence electrons. The molecule has 2 saturated heterocycles. The molecule has 0 saturated carbocycles. The predicted molar refractivity (Wildman–Crippen MR) is 83.2 cm³/mol. The van der Waals surface area contributed by atoms with Crippen molar-refractivity contribution in [2.45, 2.75) is 58.8 Å². The predicted octanol–water partition coefficient (Wildman–Crippen LogP) is 2.17. The van der Waals surface area contributed by atoms with Gasteiger partial charge in [-0.2, -0.15) is 0 Å². The van der Waals surface area contributed by atoms with Crippen molar-refractivity contribution in [2.24, 2.45) is 11.3 Å². The zero-order chi connectivity index (χ0) is 15.1. The zero-order valence-electron chi connectivity index (χ0n) is 13.6. The molecule has 0 aromatic carbocycles. The van der Waals surface area contributed by atoms with Gasteiger partial charge in [-0.25, -0.2) is 12.7 Å². The summed E-state index contributed by atoms with van der Waals surface area (Å²) in [6.45, 7) is 13.9. The van der Waals surface area contributed by atoms with Gasteiger partial charge in [0.1, 0.15) is 5.25 Å². The molecule has 0 aromatic heterocycles. The summed E-state index contributed by atoms with van der Waals surface area (Å²) in [5, 5.41) is -0.170. The van der Waals surface area contributed by atoms with Crippen LogP contribution in [0.15, 0.2) is 0 Å². The van der Waals surface area contributed by atoms with E-state index < -0.39 is 10.0 Å². The third kappa shape index (κ3) is 3.20. The Balaban J connectivity index is 1.90. The highest BCUT2D eigenvalue weighted by molar-refractivity contribution is 7.89. The molecule has 0 N–H and O–H groups in total. The standard InChI is InChI=1S/C15H30N2O2S/c1-12(2)16-10-14(11-16)20(18,19)17-8-6-13(7-9-17)15(3,4)5/h12-14H,6-11H2,1-5H3. The number of rotatable bonds is 3. The molecule has 2 rings (SSSR count). The first-order valence-corrected chi connectivity index (χ1v) is 9.35. The van der Waals surface area contributed by atoms with Crippen LogP contribution in [0.2, 0.25) is 0 Å². The van der Waals surface area contributed by atoms with E-state index in [-0.39, 0.29) is 5.25 Å². The molecule has 0 amide bonds. The summed E-state index contributed by atoms with van der Waals surface area (Å²) in [5.41, 5.74) is 0.292. The molecule has 2 aliphatic rings. The summed E-state index contributed by atoms with van der Waals surface area (Å²) in [6.07, 6.45) is 2.01. The van der Waals surface area contributed by atoms with Crippen LogP contribution in [0.5, 0.6) is 0 Å². The molecule has 0 bridgehead atoms. The quantitative estimate of drug-likeness (QED) is 0.802. The van der Waals surface area contributed by atoms with Crippen LogP contribution >= 0.6 is 0 Å². The summed E-state index contributed by atoms with van der Waals surface area (Å²) in [5.74, 6) is 0.641. The average Bonchev–Trinajstić information content (AvgIpc) is 2.25. The Kier molecular flexibility index (Phi) is 4.53. The van der Waals surface area contributed by atoms with E-state index in [0.717, 1.165) is 12.8 Å². The highest BCUT2D eigenvalue weighted by Gasteiger charge is 2.43. The Hall–Kier alpha value is -0.130. The molecule has 0 unspecified atom stereocenters. The van der Waals surface area contributed by atoms with Gasteiger partial charge in [0.25, 0.3) is 0 Å². The Bertz CT molecular complexity index is 425. The van der Waals surface area contributed by atoms with Gasteiger partial charge in [0.2, 0.25) is 10.0 Å². The summed E-state index contributed by atoms with van der Waals surface area (Å²) < 4.78 is 26.9. The van der Waals surface area contributed by atoms with Gasteiger partial charge in [-0.3, -0.25) is 4.90 Å². The largest absolute Gasteiger partial charge is 0.298 e. The van der Waals surface area contributed by atoms with Gasteiger partial charge < -0.3 is 0 Å². The summed E-state index contributed by atoms with van der Waals surface area (Å²) in [7, 11) is -3.07. The molecular weight excluding hydrogens is 272 g/mol. The van der Waals surface area contributed by atoms with Crippen LogP contribution in [0.4, 0.5) is 0 Å². The van der Waals surface area contributed by atoms with E-state index in [2.05, 4.69) is 39.5 Å². The highest BCUT2D eigenvalue weighted by Crippen LogP contribution is 2.35. The molecule has 2 fully saturated rings. The maximum atomic E-state index is 12.6. The van der Waals surface area contributed by atoms with Crippen molar-refractivity contribution < 1.29 is 8.42 Å². The molecule has 0 aliphatic carbocycles. The van der Waals surface area contributed by atoms with E-state index in [4.69, 9.17) is 0 Å². The Morgan fingerprint density at radius 2 is 1.55 bits per heavy atom. The van der Waals surface area contributed by atoms with Crippen LogP contribution in [-0.4, -0.2) is 55.1 Å². The van der Waals surface area contributed by atoms with E-state index >= 15 is 0 Å². The van der Waals surface area contributed by atoms with Gasteiger partial charge in [0.05, 0.1) is 0 Å². The summed E-state index contributed by atoms with van der Waals surface area (Å²) >= 11 is 0. The van der Waals surface area contributed by atoms with Gasteiger partial charge >= 0.3 is 0 Å². The Morgan fingerprint density at radius 3 is 1.95 bits per heavy atom. The fourth-order valence-corrected chi connectivity index (χ4v) is 5.17. The molecule has 5 heteroatoms. The fourth-order valence-electron chi connectivity index (χ4n) is 3.27. The second-order valence-corrected chi connectivity index (χ2v) is 9.97. The van der Waals surface area contributed by atoms with Crippen LogP contribution in [0.3, 0.4) is 0 Å². The molecule has 20 heavy (non-hydrogen) atoms. The third-order valence-electron chi connectivity index (χ3n) is 5.07. The molecule has 4 nitrogen and oxygen atoms in total.